The van der Waals surface area contributed by atoms with Gasteiger partial charge in [0.2, 0.25) is 11.8 Å². The minimum absolute atomic E-state index is 0.0506. The summed E-state index contributed by atoms with van der Waals surface area (Å²) in [6.07, 6.45) is 0. The molecule has 104 valence electrons. The van der Waals surface area contributed by atoms with Gasteiger partial charge in [-0.15, -0.1) is 0 Å². The van der Waals surface area contributed by atoms with Gasteiger partial charge in [0.25, 0.3) is 0 Å². The number of nitrogens with one attached hydrogen (secondary N) is 1. The summed E-state index contributed by atoms with van der Waals surface area (Å²) in [5.74, 6) is -0.0627. The van der Waals surface area contributed by atoms with Crippen LogP contribution < -0.4 is 5.32 Å². The molecule has 1 N–H and O–H groups in total. The van der Waals surface area contributed by atoms with Crippen LogP contribution in [0.2, 0.25) is 0 Å². The Kier molecular flexibility index (Phi) is 4.37. The van der Waals surface area contributed by atoms with Gasteiger partial charge in [-0.2, -0.15) is 0 Å². The van der Waals surface area contributed by atoms with Crippen molar-refractivity contribution in [2.75, 3.05) is 13.7 Å². The molecule has 0 saturated carbocycles. The first-order valence-electron chi connectivity index (χ1n) is 6.36. The summed E-state index contributed by atoms with van der Waals surface area (Å²) in [7, 11) is 1.60. The molecule has 1 aliphatic heterocycles. The van der Waals surface area contributed by atoms with Gasteiger partial charge < -0.3 is 15.0 Å². The van der Waals surface area contributed by atoms with Gasteiger partial charge in [0.1, 0.15) is 11.6 Å². The zero-order chi connectivity index (χ0) is 14.1. The summed E-state index contributed by atoms with van der Waals surface area (Å²) in [6, 6.07) is -0.532. The van der Waals surface area contributed by atoms with Crippen LogP contribution in [0.25, 0.3) is 0 Å². The lowest BCUT2D eigenvalue weighted by molar-refractivity contribution is -0.159. The number of carbonyl (C=O) groups is 2. The topological polar surface area (TPSA) is 58.6 Å². The first-order valence-corrected chi connectivity index (χ1v) is 6.36. The van der Waals surface area contributed by atoms with Gasteiger partial charge in [-0.25, -0.2) is 0 Å². The summed E-state index contributed by atoms with van der Waals surface area (Å²) in [4.78, 5) is 26.3. The summed E-state index contributed by atoms with van der Waals surface area (Å²) < 4.78 is 5.11. The molecule has 0 aromatic rings. The van der Waals surface area contributed by atoms with Crippen LogP contribution in [-0.4, -0.2) is 48.1 Å². The monoisotopic (exact) mass is 256 g/mol. The van der Waals surface area contributed by atoms with Gasteiger partial charge in [0.15, 0.2) is 0 Å². The number of piperazine rings is 1. The highest BCUT2D eigenvalue weighted by atomic mass is 16.5. The molecular formula is C13H24N2O3. The molecular weight excluding hydrogens is 232 g/mol. The van der Waals surface area contributed by atoms with Crippen molar-refractivity contribution in [3.63, 3.8) is 0 Å². The van der Waals surface area contributed by atoms with E-state index in [0.717, 1.165) is 0 Å². The second kappa shape index (κ2) is 5.26. The minimum atomic E-state index is -0.843. The molecule has 5 heteroatoms. The molecule has 1 aliphatic rings. The van der Waals surface area contributed by atoms with E-state index in [1.54, 1.807) is 25.9 Å². The van der Waals surface area contributed by atoms with Crippen molar-refractivity contribution in [1.82, 2.24) is 10.2 Å². The zero-order valence-corrected chi connectivity index (χ0v) is 12.1. The Balaban J connectivity index is 3.09. The molecule has 5 nitrogen and oxygen atoms in total. The Morgan fingerprint density at radius 3 is 2.33 bits per heavy atom. The van der Waals surface area contributed by atoms with Crippen LogP contribution in [0.5, 0.6) is 0 Å². The smallest absolute Gasteiger partial charge is 0.248 e. The molecule has 18 heavy (non-hydrogen) atoms. The number of ether oxygens (including phenoxy) is 1. The SMILES string of the molecule is COCC(C)N1C(=O)C(C)(C)NC(=O)C1C(C)C. The molecule has 0 aliphatic carbocycles. The summed E-state index contributed by atoms with van der Waals surface area (Å²) >= 11 is 0. The number of carbonyl (C=O) groups excluding carboxylic acids is 2. The van der Waals surface area contributed by atoms with Crippen molar-refractivity contribution >= 4 is 11.8 Å². The lowest BCUT2D eigenvalue weighted by atomic mass is 9.90. The van der Waals surface area contributed by atoms with Gasteiger partial charge in [-0.05, 0) is 26.7 Å². The second-order valence-corrected chi connectivity index (χ2v) is 5.82. The maximum Gasteiger partial charge on any atom is 0.248 e. The Bertz CT molecular complexity index is 339. The summed E-state index contributed by atoms with van der Waals surface area (Å²) in [6.45, 7) is 9.70. The lowest BCUT2D eigenvalue weighted by Crippen LogP contribution is -2.71. The molecule has 0 spiro atoms. The van der Waals surface area contributed by atoms with E-state index in [1.165, 1.54) is 0 Å². The molecule has 0 aromatic carbocycles. The van der Waals surface area contributed by atoms with E-state index in [9.17, 15) is 9.59 Å². The van der Waals surface area contributed by atoms with E-state index in [2.05, 4.69) is 5.32 Å². The lowest BCUT2D eigenvalue weighted by Gasteiger charge is -2.46. The molecule has 2 amide bonds. The molecule has 2 atom stereocenters. The van der Waals surface area contributed by atoms with Crippen LogP contribution >= 0.6 is 0 Å². The van der Waals surface area contributed by atoms with Crippen molar-refractivity contribution < 1.29 is 14.3 Å². The highest BCUT2D eigenvalue weighted by Gasteiger charge is 2.47. The van der Waals surface area contributed by atoms with E-state index in [0.29, 0.717) is 6.61 Å². The average molecular weight is 256 g/mol. The molecule has 1 rings (SSSR count). The fourth-order valence-electron chi connectivity index (χ4n) is 2.43. The predicted octanol–water partition coefficient (Wildman–Crippen LogP) is 0.783. The fourth-order valence-corrected chi connectivity index (χ4v) is 2.43. The highest BCUT2D eigenvalue weighted by Crippen LogP contribution is 2.24. The maximum absolute atomic E-state index is 12.5. The van der Waals surface area contributed by atoms with Crippen LogP contribution in [0, 0.1) is 5.92 Å². The molecule has 0 aromatic heterocycles. The maximum atomic E-state index is 12.5. The first-order chi connectivity index (χ1) is 8.22. The van der Waals surface area contributed by atoms with Gasteiger partial charge in [0, 0.05) is 7.11 Å². The number of hydrogen-bond donors (Lipinski definition) is 1. The third-order valence-electron chi connectivity index (χ3n) is 3.29. The van der Waals surface area contributed by atoms with Gasteiger partial charge in [-0.1, -0.05) is 13.8 Å². The average Bonchev–Trinajstić information content (AvgIpc) is 2.21. The molecule has 1 fully saturated rings. The van der Waals surface area contributed by atoms with Crippen LogP contribution in [0.1, 0.15) is 34.6 Å². The predicted molar refractivity (Wildman–Crippen MR) is 69.0 cm³/mol. The van der Waals surface area contributed by atoms with Crippen LogP contribution in [-0.2, 0) is 14.3 Å². The second-order valence-electron chi connectivity index (χ2n) is 5.82. The number of methoxy groups -OCH3 is 1. The van der Waals surface area contributed by atoms with E-state index >= 15 is 0 Å². The Morgan fingerprint density at radius 2 is 1.89 bits per heavy atom. The normalized spacial score (nSPS) is 25.3. The quantitative estimate of drug-likeness (QED) is 0.809. The largest absolute Gasteiger partial charge is 0.383 e. The molecule has 1 heterocycles. The third kappa shape index (κ3) is 2.66. The Morgan fingerprint density at radius 1 is 1.33 bits per heavy atom. The van der Waals surface area contributed by atoms with Crippen molar-refractivity contribution in [2.45, 2.75) is 52.2 Å². The van der Waals surface area contributed by atoms with Crippen molar-refractivity contribution in [3.05, 3.63) is 0 Å². The van der Waals surface area contributed by atoms with Gasteiger partial charge >= 0.3 is 0 Å². The highest BCUT2D eigenvalue weighted by molar-refractivity contribution is 5.99. The van der Waals surface area contributed by atoms with E-state index < -0.39 is 11.6 Å². The van der Waals surface area contributed by atoms with Crippen molar-refractivity contribution in [1.29, 1.82) is 0 Å². The number of amides is 2. The van der Waals surface area contributed by atoms with Crippen LogP contribution in [0.4, 0.5) is 0 Å². The molecule has 0 radical (unpaired) electrons. The Labute approximate surface area is 109 Å². The third-order valence-corrected chi connectivity index (χ3v) is 3.29. The number of rotatable bonds is 4. The van der Waals surface area contributed by atoms with E-state index in [1.807, 2.05) is 20.8 Å². The van der Waals surface area contributed by atoms with Crippen LogP contribution in [0.3, 0.4) is 0 Å². The van der Waals surface area contributed by atoms with E-state index in [-0.39, 0.29) is 23.8 Å². The fraction of sp³-hybridized carbons (Fsp3) is 0.846. The van der Waals surface area contributed by atoms with Crippen LogP contribution in [0.15, 0.2) is 0 Å². The molecule has 0 bridgehead atoms. The molecule has 1 saturated heterocycles. The number of hydrogen-bond acceptors (Lipinski definition) is 3. The number of nitrogens with zero attached hydrogens (tertiary/aromatic N) is 1. The van der Waals surface area contributed by atoms with Crippen molar-refractivity contribution in [2.24, 2.45) is 5.92 Å². The standard InChI is InChI=1S/C13H24N2O3/c1-8(2)10-11(16)14-13(4,5)12(17)15(10)9(3)7-18-6/h8-10H,7H2,1-6H3,(H,14,16). The van der Waals surface area contributed by atoms with E-state index in [4.69, 9.17) is 4.74 Å². The molecule has 2 unspecified atom stereocenters. The Hall–Kier alpha value is -1.10. The zero-order valence-electron chi connectivity index (χ0n) is 12.1. The summed E-state index contributed by atoms with van der Waals surface area (Å²) in [5.41, 5.74) is -0.843. The minimum Gasteiger partial charge on any atom is -0.383 e. The summed E-state index contributed by atoms with van der Waals surface area (Å²) in [5, 5.41) is 2.79. The van der Waals surface area contributed by atoms with Crippen molar-refractivity contribution in [3.8, 4) is 0 Å². The van der Waals surface area contributed by atoms with Gasteiger partial charge in [0.05, 0.1) is 12.6 Å². The first kappa shape index (κ1) is 15.0. The van der Waals surface area contributed by atoms with Gasteiger partial charge in [-0.3, -0.25) is 9.59 Å².